The fourth-order valence-corrected chi connectivity index (χ4v) is 3.16. The molecule has 1 aliphatic carbocycles. The van der Waals surface area contributed by atoms with Crippen molar-refractivity contribution in [2.45, 2.75) is 64.5 Å². The van der Waals surface area contributed by atoms with Crippen LogP contribution in [-0.2, 0) is 0 Å². The van der Waals surface area contributed by atoms with Crippen molar-refractivity contribution < 1.29 is 5.11 Å². The molecule has 1 aliphatic rings. The predicted molar refractivity (Wildman–Crippen MR) is 77.8 cm³/mol. The van der Waals surface area contributed by atoms with Crippen LogP contribution in [0.5, 0.6) is 0 Å². The van der Waals surface area contributed by atoms with Gasteiger partial charge in [0.05, 0.1) is 6.61 Å². The van der Waals surface area contributed by atoms with E-state index >= 15 is 0 Å². The average Bonchev–Trinajstić information content (AvgIpc) is 2.44. The Kier molecular flexibility index (Phi) is 6.61. The highest BCUT2D eigenvalue weighted by atomic mass is 16.3. The number of nitrogens with one attached hydrogen (secondary N) is 1. The van der Waals surface area contributed by atoms with Gasteiger partial charge < -0.3 is 15.3 Å². The molecule has 0 bridgehead atoms. The van der Waals surface area contributed by atoms with Crippen LogP contribution < -0.4 is 5.32 Å². The smallest absolute Gasteiger partial charge is 0.0613 e. The lowest BCUT2D eigenvalue weighted by Crippen LogP contribution is -2.55. The van der Waals surface area contributed by atoms with Crippen molar-refractivity contribution >= 4 is 0 Å². The first kappa shape index (κ1) is 15.9. The molecule has 0 amide bonds. The van der Waals surface area contributed by atoms with Gasteiger partial charge in [-0.2, -0.15) is 0 Å². The van der Waals surface area contributed by atoms with E-state index in [0.29, 0.717) is 6.04 Å². The Balaban J connectivity index is 2.62. The van der Waals surface area contributed by atoms with Gasteiger partial charge in [0.25, 0.3) is 0 Å². The summed E-state index contributed by atoms with van der Waals surface area (Å²) in [5.41, 5.74) is -0.0359. The lowest BCUT2D eigenvalue weighted by atomic mass is 9.78. The van der Waals surface area contributed by atoms with Crippen LogP contribution in [0.4, 0.5) is 0 Å². The molecule has 1 rings (SSSR count). The number of hydrogen-bond donors (Lipinski definition) is 2. The maximum atomic E-state index is 9.66. The van der Waals surface area contributed by atoms with Gasteiger partial charge in [-0.1, -0.05) is 27.2 Å². The van der Waals surface area contributed by atoms with Gasteiger partial charge in [-0.25, -0.2) is 0 Å². The molecule has 2 N–H and O–H groups in total. The molecule has 1 fully saturated rings. The molecule has 0 heterocycles. The molecule has 0 radical (unpaired) electrons. The highest BCUT2D eigenvalue weighted by molar-refractivity contribution is 4.95. The van der Waals surface area contributed by atoms with E-state index in [9.17, 15) is 5.11 Å². The zero-order valence-electron chi connectivity index (χ0n) is 12.7. The average molecular weight is 256 g/mol. The minimum Gasteiger partial charge on any atom is -0.394 e. The van der Waals surface area contributed by atoms with E-state index in [2.05, 4.69) is 31.0 Å². The molecule has 1 saturated carbocycles. The molecule has 0 aromatic carbocycles. The number of aliphatic hydroxyl groups excluding tert-OH is 1. The third-order valence-electron chi connectivity index (χ3n) is 4.82. The molecule has 3 unspecified atom stereocenters. The second-order valence-electron chi connectivity index (χ2n) is 6.04. The standard InChI is InChI=1S/C15H32N2O/c1-5-13(3)11-17(6-2)14-8-7-9-15(10-14,12-18)16-4/h13-14,16,18H,5-12H2,1-4H3. The molecule has 0 spiro atoms. The summed E-state index contributed by atoms with van der Waals surface area (Å²) >= 11 is 0. The van der Waals surface area contributed by atoms with E-state index in [1.807, 2.05) is 7.05 Å². The van der Waals surface area contributed by atoms with Crippen LogP contribution in [0.2, 0.25) is 0 Å². The minimum atomic E-state index is -0.0359. The van der Waals surface area contributed by atoms with Crippen LogP contribution in [0, 0.1) is 5.92 Å². The van der Waals surface area contributed by atoms with Crippen molar-refractivity contribution in [3.05, 3.63) is 0 Å². The number of nitrogens with zero attached hydrogens (tertiary/aromatic N) is 1. The summed E-state index contributed by atoms with van der Waals surface area (Å²) in [6, 6.07) is 0.636. The third kappa shape index (κ3) is 3.94. The van der Waals surface area contributed by atoms with Gasteiger partial charge >= 0.3 is 0 Å². The van der Waals surface area contributed by atoms with Gasteiger partial charge in [0.15, 0.2) is 0 Å². The molecule has 0 aromatic heterocycles. The van der Waals surface area contributed by atoms with E-state index < -0.39 is 0 Å². The minimum absolute atomic E-state index is 0.0359. The zero-order valence-corrected chi connectivity index (χ0v) is 12.7. The van der Waals surface area contributed by atoms with Crippen LogP contribution in [0.3, 0.4) is 0 Å². The maximum Gasteiger partial charge on any atom is 0.0613 e. The summed E-state index contributed by atoms with van der Waals surface area (Å²) in [7, 11) is 1.99. The summed E-state index contributed by atoms with van der Waals surface area (Å²) in [6.45, 7) is 9.45. The van der Waals surface area contributed by atoms with Crippen LogP contribution in [0.1, 0.15) is 52.9 Å². The van der Waals surface area contributed by atoms with E-state index in [4.69, 9.17) is 0 Å². The summed E-state index contributed by atoms with van der Waals surface area (Å²) in [6.07, 6.45) is 5.96. The lowest BCUT2D eigenvalue weighted by molar-refractivity contribution is 0.0594. The van der Waals surface area contributed by atoms with Crippen molar-refractivity contribution in [3.63, 3.8) is 0 Å². The van der Waals surface area contributed by atoms with Crippen LogP contribution >= 0.6 is 0 Å². The zero-order chi connectivity index (χ0) is 13.6. The molecule has 3 heteroatoms. The summed E-state index contributed by atoms with van der Waals surface area (Å²) < 4.78 is 0. The number of hydrogen-bond acceptors (Lipinski definition) is 3. The van der Waals surface area contributed by atoms with Crippen LogP contribution in [0.15, 0.2) is 0 Å². The summed E-state index contributed by atoms with van der Waals surface area (Å²) in [4.78, 5) is 2.62. The molecule has 3 atom stereocenters. The first-order chi connectivity index (χ1) is 8.60. The Bertz CT molecular complexity index is 229. The van der Waals surface area contributed by atoms with Crippen molar-refractivity contribution in [1.82, 2.24) is 10.2 Å². The number of rotatable bonds is 7. The monoisotopic (exact) mass is 256 g/mol. The lowest BCUT2D eigenvalue weighted by Gasteiger charge is -2.44. The van der Waals surface area contributed by atoms with Gasteiger partial charge in [0.1, 0.15) is 0 Å². The molecule has 108 valence electrons. The second-order valence-corrected chi connectivity index (χ2v) is 6.04. The Morgan fingerprint density at radius 3 is 2.67 bits per heavy atom. The molecule has 3 nitrogen and oxygen atoms in total. The van der Waals surface area contributed by atoms with Gasteiger partial charge in [-0.15, -0.1) is 0 Å². The summed E-state index contributed by atoms with van der Waals surface area (Å²) in [5.74, 6) is 0.769. The van der Waals surface area contributed by atoms with E-state index in [-0.39, 0.29) is 12.1 Å². The Morgan fingerprint density at radius 2 is 2.17 bits per heavy atom. The van der Waals surface area contributed by atoms with Crippen molar-refractivity contribution in [1.29, 1.82) is 0 Å². The van der Waals surface area contributed by atoms with Gasteiger partial charge in [0.2, 0.25) is 0 Å². The topological polar surface area (TPSA) is 35.5 Å². The Morgan fingerprint density at radius 1 is 1.44 bits per heavy atom. The first-order valence-electron chi connectivity index (χ1n) is 7.64. The van der Waals surface area contributed by atoms with E-state index in [1.165, 1.54) is 25.8 Å². The molecular weight excluding hydrogens is 224 g/mol. The predicted octanol–water partition coefficient (Wildman–Crippen LogP) is 2.25. The van der Waals surface area contributed by atoms with Crippen LogP contribution in [0.25, 0.3) is 0 Å². The molecule has 0 aromatic rings. The van der Waals surface area contributed by atoms with Crippen molar-refractivity contribution in [2.75, 3.05) is 26.7 Å². The fourth-order valence-electron chi connectivity index (χ4n) is 3.16. The third-order valence-corrected chi connectivity index (χ3v) is 4.82. The van der Waals surface area contributed by atoms with Crippen molar-refractivity contribution in [3.8, 4) is 0 Å². The first-order valence-corrected chi connectivity index (χ1v) is 7.64. The quantitative estimate of drug-likeness (QED) is 0.733. The van der Waals surface area contributed by atoms with Crippen LogP contribution in [-0.4, -0.2) is 48.3 Å². The van der Waals surface area contributed by atoms with Gasteiger partial charge in [-0.05, 0) is 45.2 Å². The van der Waals surface area contributed by atoms with Gasteiger partial charge in [-0.3, -0.25) is 0 Å². The van der Waals surface area contributed by atoms with Gasteiger partial charge in [0, 0.05) is 18.1 Å². The maximum absolute atomic E-state index is 9.66. The van der Waals surface area contributed by atoms with E-state index in [1.54, 1.807) is 0 Å². The number of aliphatic hydroxyl groups is 1. The summed E-state index contributed by atoms with van der Waals surface area (Å²) in [5, 5.41) is 13.0. The SMILES string of the molecule is CCC(C)CN(CC)C1CCCC(CO)(NC)C1. The van der Waals surface area contributed by atoms with E-state index in [0.717, 1.165) is 25.3 Å². The largest absolute Gasteiger partial charge is 0.394 e. The fraction of sp³-hybridized carbons (Fsp3) is 1.00. The molecular formula is C15H32N2O. The highest BCUT2D eigenvalue weighted by Gasteiger charge is 2.36. The molecule has 18 heavy (non-hydrogen) atoms. The molecule has 0 aliphatic heterocycles. The highest BCUT2D eigenvalue weighted by Crippen LogP contribution is 2.31. The number of likely N-dealkylation sites (N-methyl/N-ethyl adjacent to an activating group) is 1. The molecule has 0 saturated heterocycles. The second kappa shape index (κ2) is 7.46. The Labute approximate surface area is 113 Å². The van der Waals surface area contributed by atoms with Crippen molar-refractivity contribution in [2.24, 2.45) is 5.92 Å². The normalized spacial score (nSPS) is 30.7. The Hall–Kier alpha value is -0.120.